The summed E-state index contributed by atoms with van der Waals surface area (Å²) < 4.78 is 64.8. The van der Waals surface area contributed by atoms with Gasteiger partial charge in [-0.1, -0.05) is 12.1 Å². The lowest BCUT2D eigenvalue weighted by Crippen LogP contribution is -2.54. The molecule has 0 radical (unpaired) electrons. The zero-order valence-corrected chi connectivity index (χ0v) is 35.9. The zero-order chi connectivity index (χ0) is 44.9. The Labute approximate surface area is 369 Å². The van der Waals surface area contributed by atoms with Crippen molar-refractivity contribution in [3.63, 3.8) is 0 Å². The third kappa shape index (κ3) is 12.2. The van der Waals surface area contributed by atoms with E-state index in [0.29, 0.717) is 48.8 Å². The zero-order valence-electron chi connectivity index (χ0n) is 33.5. The molecule has 3 heterocycles. The highest BCUT2D eigenvalue weighted by molar-refractivity contribution is 9.10. The van der Waals surface area contributed by atoms with Gasteiger partial charge in [0, 0.05) is 37.1 Å². The number of halogens is 2. The second-order valence-corrected chi connectivity index (χ2v) is 16.3. The number of primary amides is 1. The summed E-state index contributed by atoms with van der Waals surface area (Å²) >= 11 is 3.32. The molecule has 1 fully saturated rings. The highest BCUT2D eigenvalue weighted by Crippen LogP contribution is 2.33. The van der Waals surface area contributed by atoms with Crippen molar-refractivity contribution in [2.45, 2.75) is 23.8 Å². The molecule has 7 N–H and O–H groups in total. The van der Waals surface area contributed by atoms with Crippen LogP contribution in [0.2, 0.25) is 0 Å². The third-order valence-corrected chi connectivity index (χ3v) is 11.4. The van der Waals surface area contributed by atoms with Crippen LogP contribution in [0.15, 0.2) is 76.2 Å². The van der Waals surface area contributed by atoms with E-state index in [0.717, 1.165) is 11.0 Å². The van der Waals surface area contributed by atoms with Crippen LogP contribution in [-0.2, 0) is 38.6 Å². The molecule has 63 heavy (non-hydrogen) atoms. The minimum atomic E-state index is -3.84. The van der Waals surface area contributed by atoms with E-state index in [1.165, 1.54) is 48.7 Å². The van der Waals surface area contributed by atoms with E-state index in [1.807, 2.05) is 0 Å². The number of fused-ring (bicyclic) bond motifs is 1. The minimum Gasteiger partial charge on any atom is -0.382 e. The summed E-state index contributed by atoms with van der Waals surface area (Å²) in [6.45, 7) is 2.51. The van der Waals surface area contributed by atoms with Gasteiger partial charge < -0.3 is 40.6 Å². The van der Waals surface area contributed by atoms with Gasteiger partial charge in [0.25, 0.3) is 17.7 Å². The van der Waals surface area contributed by atoms with Crippen LogP contribution in [0.25, 0.3) is 0 Å². The maximum atomic E-state index is 14.2. The Morgan fingerprint density at radius 2 is 1.48 bits per heavy atom. The average molecular weight is 957 g/mol. The second kappa shape index (κ2) is 21.9. The van der Waals surface area contributed by atoms with Crippen molar-refractivity contribution in [3.05, 3.63) is 93.8 Å². The Morgan fingerprint density at radius 1 is 0.841 bits per heavy atom. The molecule has 6 rings (SSSR count). The van der Waals surface area contributed by atoms with Crippen LogP contribution in [0.1, 0.15) is 43.9 Å². The molecular formula is C40H43BrFN9O11S. The van der Waals surface area contributed by atoms with Crippen LogP contribution in [0.3, 0.4) is 0 Å². The van der Waals surface area contributed by atoms with Crippen LogP contribution in [-0.4, -0.2) is 125 Å². The molecule has 20 nitrogen and oxygen atoms in total. The predicted molar refractivity (Wildman–Crippen MR) is 228 cm³/mol. The van der Waals surface area contributed by atoms with E-state index in [9.17, 15) is 36.8 Å². The molecule has 1 saturated heterocycles. The molecule has 0 bridgehead atoms. The largest absolute Gasteiger partial charge is 0.382 e. The number of hydrogen-bond acceptors (Lipinski definition) is 16. The van der Waals surface area contributed by atoms with E-state index in [4.69, 9.17) is 24.7 Å². The lowest BCUT2D eigenvalue weighted by molar-refractivity contribution is -0.136. The number of anilines is 5. The molecule has 4 aromatic rings. The summed E-state index contributed by atoms with van der Waals surface area (Å²) in [4.78, 5) is 71.3. The molecule has 2 aliphatic heterocycles. The minimum absolute atomic E-state index is 0.0238. The average Bonchev–Trinajstić information content (AvgIpc) is 3.50. The number of nitrogens with zero attached hydrogens (tertiary/aromatic N) is 3. The van der Waals surface area contributed by atoms with E-state index in [2.05, 4.69) is 51.9 Å². The van der Waals surface area contributed by atoms with Gasteiger partial charge in [-0.05, 0) is 70.9 Å². The lowest BCUT2D eigenvalue weighted by Gasteiger charge is -2.27. The highest BCUT2D eigenvalue weighted by atomic mass is 79.9. The summed E-state index contributed by atoms with van der Waals surface area (Å²) in [5, 5.41) is 11.1. The van der Waals surface area contributed by atoms with Crippen molar-refractivity contribution < 1.29 is 55.7 Å². The van der Waals surface area contributed by atoms with Gasteiger partial charge in [0.2, 0.25) is 27.8 Å². The third-order valence-electron chi connectivity index (χ3n) is 9.36. The molecular weight excluding hydrogens is 913 g/mol. The number of nitrogens with one attached hydrogen (secondary N) is 5. The van der Waals surface area contributed by atoms with Crippen LogP contribution in [0, 0.1) is 5.82 Å². The van der Waals surface area contributed by atoms with Crippen molar-refractivity contribution in [1.29, 1.82) is 0 Å². The van der Waals surface area contributed by atoms with Crippen LogP contribution in [0.4, 0.5) is 33.2 Å². The number of carbonyl (C=O) groups is 5. The van der Waals surface area contributed by atoms with Gasteiger partial charge in [-0.25, -0.2) is 22.5 Å². The van der Waals surface area contributed by atoms with E-state index >= 15 is 0 Å². The molecule has 1 unspecified atom stereocenters. The Hall–Kier alpha value is -5.95. The molecule has 0 spiro atoms. The quantitative estimate of drug-likeness (QED) is 0.0435. The fraction of sp³-hybridized carbons (Fsp3) is 0.325. The molecule has 1 atom stereocenters. The molecule has 5 amide bonds. The first-order valence-electron chi connectivity index (χ1n) is 19.5. The fourth-order valence-electron chi connectivity index (χ4n) is 6.38. The maximum absolute atomic E-state index is 14.2. The van der Waals surface area contributed by atoms with Gasteiger partial charge in [-0.15, -0.1) is 0 Å². The Kier molecular flexibility index (Phi) is 16.2. The topological polar surface area (TPSA) is 272 Å². The number of ether oxygens (including phenoxy) is 4. The molecule has 0 saturated carbocycles. The molecule has 2 aliphatic rings. The normalized spacial score (nSPS) is 15.0. The summed E-state index contributed by atoms with van der Waals surface area (Å²) in [6, 6.07) is 13.7. The number of rotatable bonds is 24. The molecule has 3 aromatic carbocycles. The highest BCUT2D eigenvalue weighted by Gasteiger charge is 2.45. The van der Waals surface area contributed by atoms with Gasteiger partial charge in [0.15, 0.2) is 0 Å². The number of aromatic nitrogens is 2. The SMILES string of the molecule is NC(=O)c1c(F)cccc1Nc1nc(Nc2ccc(S(=O)(=O)NCCOCCOCCOCCOCCNc3cccc4c3C(=O)N(C3CCC(=O)NC3=O)C4=O)cc2)ncc1Br. The summed E-state index contributed by atoms with van der Waals surface area (Å²) in [5.41, 5.74) is 6.41. The summed E-state index contributed by atoms with van der Waals surface area (Å²) in [6.07, 6.45) is 1.56. The van der Waals surface area contributed by atoms with Crippen LogP contribution in [0.5, 0.6) is 0 Å². The number of amides is 5. The van der Waals surface area contributed by atoms with Gasteiger partial charge in [-0.2, -0.15) is 4.98 Å². The molecule has 334 valence electrons. The van der Waals surface area contributed by atoms with Gasteiger partial charge in [0.05, 0.1) is 84.6 Å². The monoisotopic (exact) mass is 955 g/mol. The number of benzene rings is 3. The number of nitrogens with two attached hydrogens (primary N) is 1. The first-order valence-corrected chi connectivity index (χ1v) is 21.8. The predicted octanol–water partition coefficient (Wildman–Crippen LogP) is 2.82. The van der Waals surface area contributed by atoms with Crippen molar-refractivity contribution in [1.82, 2.24) is 24.9 Å². The Morgan fingerprint density at radius 3 is 2.14 bits per heavy atom. The van der Waals surface area contributed by atoms with E-state index in [1.54, 1.807) is 12.1 Å². The maximum Gasteiger partial charge on any atom is 0.264 e. The van der Waals surface area contributed by atoms with E-state index < -0.39 is 51.4 Å². The molecule has 0 aliphatic carbocycles. The first-order chi connectivity index (χ1) is 30.3. The smallest absolute Gasteiger partial charge is 0.264 e. The standard InChI is InChI=1S/C40H43BrFN9O11S/c41-27-23-45-40(50-36(27)48-30-6-2-4-28(42)34(30)35(43)53)47-24-7-9-25(10-8-24)63(57,58)46-14-16-60-18-20-62-22-21-61-19-17-59-15-13-44-29-5-1-3-26-33(29)39(56)51(38(26)55)31-11-12-32(52)49-37(31)54/h1-10,23,31,44,46H,11-22H2,(H2,43,53)(H,49,52,54)(H2,45,47,48,50). The first kappa shape index (κ1) is 46.6. The van der Waals surface area contributed by atoms with Gasteiger partial charge in [0.1, 0.15) is 17.7 Å². The number of sulfonamides is 1. The summed E-state index contributed by atoms with van der Waals surface area (Å²) in [5.74, 6) is -3.67. The second-order valence-electron chi connectivity index (χ2n) is 13.6. The van der Waals surface area contributed by atoms with Crippen molar-refractivity contribution >= 4 is 84.3 Å². The number of imide groups is 2. The van der Waals surface area contributed by atoms with Crippen LogP contribution < -0.4 is 31.7 Å². The van der Waals surface area contributed by atoms with Gasteiger partial charge >= 0.3 is 0 Å². The Balaban J connectivity index is 0.794. The number of piperidine rings is 1. The number of carbonyl (C=O) groups excluding carboxylic acids is 5. The number of hydrogen-bond donors (Lipinski definition) is 6. The molecule has 23 heteroatoms. The van der Waals surface area contributed by atoms with Gasteiger partial charge in [-0.3, -0.25) is 34.2 Å². The Bertz CT molecular complexity index is 2450. The fourth-order valence-corrected chi connectivity index (χ4v) is 7.68. The van der Waals surface area contributed by atoms with Crippen molar-refractivity contribution in [2.24, 2.45) is 5.73 Å². The van der Waals surface area contributed by atoms with Crippen molar-refractivity contribution in [2.75, 3.05) is 81.9 Å². The van der Waals surface area contributed by atoms with E-state index in [-0.39, 0.29) is 84.9 Å². The lowest BCUT2D eigenvalue weighted by atomic mass is 10.0. The van der Waals surface area contributed by atoms with Crippen molar-refractivity contribution in [3.8, 4) is 0 Å². The summed E-state index contributed by atoms with van der Waals surface area (Å²) in [7, 11) is -3.84. The van der Waals surface area contributed by atoms with Crippen LogP contribution >= 0.6 is 15.9 Å². The molecule has 1 aromatic heterocycles.